The highest BCUT2D eigenvalue weighted by Gasteiger charge is 2.43. The summed E-state index contributed by atoms with van der Waals surface area (Å²) in [4.78, 5) is 4.88. The molecule has 0 radical (unpaired) electrons. The van der Waals surface area contributed by atoms with E-state index < -0.39 is 60.4 Å². The smallest absolute Gasteiger partial charge is 0.285 e. The number of furan rings is 1. The zero-order valence-electron chi connectivity index (χ0n) is 53.8. The molecule has 9 heteroatoms. The van der Waals surface area contributed by atoms with Gasteiger partial charge in [0.1, 0.15) is 40.1 Å². The number of para-hydroxylation sites is 4. The maximum Gasteiger partial charge on any atom is 0.285 e. The van der Waals surface area contributed by atoms with E-state index in [1.165, 1.54) is 0 Å². The lowest BCUT2D eigenvalue weighted by atomic mass is 9.35. The van der Waals surface area contributed by atoms with Crippen LogP contribution in [-0.4, -0.2) is 20.8 Å². The van der Waals surface area contributed by atoms with Crippen molar-refractivity contribution in [1.82, 2.24) is 14.1 Å². The van der Waals surface area contributed by atoms with Crippen molar-refractivity contribution >= 4 is 66.9 Å². The Kier molecular flexibility index (Phi) is 8.36. The fourth-order valence-corrected chi connectivity index (χ4v) is 11.8. The van der Waals surface area contributed by atoms with Crippen LogP contribution in [0.5, 0.6) is 34.7 Å². The maximum atomic E-state index is 9.36. The van der Waals surface area contributed by atoms with E-state index in [-0.39, 0.29) is 40.1 Å². The quantitative estimate of drug-likeness (QED) is 0.0862. The van der Waals surface area contributed by atoms with Gasteiger partial charge in [-0.1, -0.05) is 172 Å². The van der Waals surface area contributed by atoms with Gasteiger partial charge in [0, 0.05) is 39.3 Å². The third-order valence-corrected chi connectivity index (χ3v) is 15.5. The molecule has 0 bridgehead atoms. The summed E-state index contributed by atoms with van der Waals surface area (Å²) in [6.07, 6.45) is 5.42. The molecule has 4 aromatic heterocycles. The van der Waals surface area contributed by atoms with Gasteiger partial charge in [0.2, 0.25) is 0 Å². The SMILES string of the molecule is [2H]c1c([2H])c([2H])c(-c2cccc(-c3c([2H])c([2H])c([2H])c([2H])c3[2H])c2-[n+]2[c-]n(-c3cccc(Oc4ccc5c6ccccc6n(-c6cc(C(C)(C)C)ccn6)c5c4)c3)c3ccc(-c4cc5c6c(c4)Oc4oc7ccccc7c4B6c4ccccc4O5)cc32)c([2H])c1[2H]. The largest absolute Gasteiger partial charge is 0.458 e. The van der Waals surface area contributed by atoms with Gasteiger partial charge in [-0.25, -0.2) is 4.98 Å². The van der Waals surface area contributed by atoms with Crippen LogP contribution in [0, 0.1) is 6.33 Å². The fraction of sp³-hybridized carbons (Fsp3) is 0.0556. The third kappa shape index (κ3) is 7.60. The topological polar surface area (TPSA) is 67.5 Å². The van der Waals surface area contributed by atoms with Gasteiger partial charge in [0.15, 0.2) is 0 Å². The Hall–Kier alpha value is -10.4. The van der Waals surface area contributed by atoms with Crippen LogP contribution in [0.2, 0.25) is 0 Å². The first-order valence-corrected chi connectivity index (χ1v) is 26.6. The minimum absolute atomic E-state index is 0.101. The summed E-state index contributed by atoms with van der Waals surface area (Å²) in [5.41, 5.74) is 9.17. The van der Waals surface area contributed by atoms with Gasteiger partial charge in [0.05, 0.1) is 47.1 Å². The van der Waals surface area contributed by atoms with Crippen molar-refractivity contribution in [2.75, 3.05) is 0 Å². The van der Waals surface area contributed by atoms with E-state index in [4.69, 9.17) is 31.8 Å². The molecule has 0 saturated carbocycles. The number of hydrogen-bond acceptors (Lipinski definition) is 5. The first-order valence-electron chi connectivity index (χ1n) is 31.6. The standard InChI is InChI=1S/C72H49BN4O4/c1-72(2,3)49-36-37-74-67(41-49)77-59-29-13-10-24-55(59)56-34-33-52(43-61(56)77)78-51-23-16-22-50(42-51)75-44-76(70-53(45-18-6-4-7-19-45)26-17-27-54(70)46-20-8-5-9-21-46)62-38-47(32-35-60(62)75)48-39-65-69-66(40-48)81-71-68(57-25-11-14-30-63(57)80-71)73(69)58-28-12-15-31-64(58)79-65/h4-43H,1-3H3/i4D,5D,6D,7D,8D,9D,18D,19D,20D,21D. The van der Waals surface area contributed by atoms with Crippen LogP contribution in [0.4, 0.5) is 0 Å². The van der Waals surface area contributed by atoms with Crippen molar-refractivity contribution < 1.29 is 36.9 Å². The molecule has 0 saturated heterocycles. The van der Waals surface area contributed by atoms with E-state index in [9.17, 15) is 5.48 Å². The fourth-order valence-electron chi connectivity index (χ4n) is 11.8. The van der Waals surface area contributed by atoms with E-state index in [0.717, 1.165) is 55.0 Å². The summed E-state index contributed by atoms with van der Waals surface area (Å²) in [6.45, 7) is 6.25. The van der Waals surface area contributed by atoms with Gasteiger partial charge in [-0.2, -0.15) is 0 Å². The Morgan fingerprint density at radius 3 is 2.06 bits per heavy atom. The molecule has 0 unspecified atom stereocenters. The molecule has 0 N–H and O–H groups in total. The van der Waals surface area contributed by atoms with Crippen molar-refractivity contribution in [2.24, 2.45) is 0 Å². The number of nitrogens with zero attached hydrogens (tertiary/aromatic N) is 4. The van der Waals surface area contributed by atoms with Crippen molar-refractivity contribution in [2.45, 2.75) is 26.2 Å². The molecule has 0 aliphatic carbocycles. The molecule has 384 valence electrons. The molecule has 10 aromatic carbocycles. The Labute approximate surface area is 482 Å². The number of rotatable bonds is 8. The summed E-state index contributed by atoms with van der Waals surface area (Å²) in [7, 11) is 0. The van der Waals surface area contributed by atoms with Gasteiger partial charge in [-0.3, -0.25) is 13.7 Å². The predicted octanol–water partition coefficient (Wildman–Crippen LogP) is 15.8. The Morgan fingerprint density at radius 2 is 1.26 bits per heavy atom. The lowest BCUT2D eigenvalue weighted by Gasteiger charge is -2.31. The molecule has 0 amide bonds. The molecular formula is C72H49BN4O4. The molecule has 2 aliphatic heterocycles. The van der Waals surface area contributed by atoms with Crippen LogP contribution in [0.3, 0.4) is 0 Å². The first-order chi connectivity index (χ1) is 43.9. The maximum absolute atomic E-state index is 9.36. The summed E-state index contributed by atoms with van der Waals surface area (Å²) >= 11 is 0. The predicted molar refractivity (Wildman–Crippen MR) is 325 cm³/mol. The number of ether oxygens (including phenoxy) is 3. The molecule has 0 spiro atoms. The van der Waals surface area contributed by atoms with Crippen molar-refractivity contribution in [3.63, 3.8) is 0 Å². The van der Waals surface area contributed by atoms with Crippen LogP contribution in [-0.2, 0) is 5.41 Å². The average molecular weight is 1060 g/mol. The van der Waals surface area contributed by atoms with Crippen molar-refractivity contribution in [3.8, 4) is 85.3 Å². The van der Waals surface area contributed by atoms with E-state index >= 15 is 0 Å². The number of imidazole rings is 1. The van der Waals surface area contributed by atoms with E-state index in [1.807, 2.05) is 134 Å². The molecule has 81 heavy (non-hydrogen) atoms. The van der Waals surface area contributed by atoms with Crippen LogP contribution < -0.4 is 35.2 Å². The van der Waals surface area contributed by atoms with Gasteiger partial charge in [-0.15, -0.1) is 0 Å². The summed E-state index contributed by atoms with van der Waals surface area (Å²) in [6, 6.07) is 50.5. The van der Waals surface area contributed by atoms with E-state index in [0.29, 0.717) is 68.1 Å². The molecule has 14 aromatic rings. The summed E-state index contributed by atoms with van der Waals surface area (Å²) in [5.74, 6) is 3.95. The van der Waals surface area contributed by atoms with Gasteiger partial charge < -0.3 is 18.6 Å². The highest BCUT2D eigenvalue weighted by Crippen LogP contribution is 2.43. The average Bonchev–Trinajstić information content (AvgIpc) is 1.72. The van der Waals surface area contributed by atoms with Crippen LogP contribution in [0.25, 0.3) is 94.4 Å². The Morgan fingerprint density at radius 1 is 0.556 bits per heavy atom. The van der Waals surface area contributed by atoms with Crippen molar-refractivity contribution in [1.29, 1.82) is 0 Å². The van der Waals surface area contributed by atoms with Gasteiger partial charge >= 0.3 is 0 Å². The van der Waals surface area contributed by atoms with Gasteiger partial charge in [0.25, 0.3) is 19.0 Å². The van der Waals surface area contributed by atoms with Crippen LogP contribution in [0.1, 0.15) is 40.0 Å². The second-order valence-electron chi connectivity index (χ2n) is 21.3. The second-order valence-corrected chi connectivity index (χ2v) is 21.3. The van der Waals surface area contributed by atoms with Crippen molar-refractivity contribution in [3.05, 3.63) is 254 Å². The zero-order valence-corrected chi connectivity index (χ0v) is 43.8. The number of aromatic nitrogens is 4. The highest BCUT2D eigenvalue weighted by atomic mass is 16.6. The van der Waals surface area contributed by atoms with Crippen LogP contribution in [0.15, 0.2) is 247 Å². The van der Waals surface area contributed by atoms with Gasteiger partial charge in [-0.05, 0) is 129 Å². The number of fused-ring (bicyclic) bond motifs is 10. The monoisotopic (exact) mass is 1050 g/mol. The minimum Gasteiger partial charge on any atom is -0.458 e. The van der Waals surface area contributed by atoms with E-state index in [1.54, 1.807) is 27.3 Å². The third-order valence-electron chi connectivity index (χ3n) is 15.5. The number of benzene rings is 10. The Balaban J connectivity index is 0.914. The lowest BCUT2D eigenvalue weighted by Crippen LogP contribution is -2.57. The summed E-state index contributed by atoms with van der Waals surface area (Å²) < 4.78 is 123. The number of pyridine rings is 1. The van der Waals surface area contributed by atoms with E-state index in [2.05, 4.69) is 62.0 Å². The summed E-state index contributed by atoms with van der Waals surface area (Å²) in [5, 5.41) is 3.01. The second kappa shape index (κ2) is 18.1. The molecule has 8 nitrogen and oxygen atoms in total. The normalized spacial score (nSPS) is 14.3. The minimum atomic E-state index is -0.599. The Bertz CT molecular complexity index is 5360. The molecule has 0 fully saturated rings. The number of hydrogen-bond donors (Lipinski definition) is 0. The molecule has 0 atom stereocenters. The molecule has 6 heterocycles. The molecular weight excluding hydrogens is 996 g/mol. The first kappa shape index (κ1) is 37.4. The lowest BCUT2D eigenvalue weighted by molar-refractivity contribution is -0.571. The highest BCUT2D eigenvalue weighted by molar-refractivity contribution is 6.99. The molecule has 2 aliphatic rings. The molecule has 16 rings (SSSR count). The van der Waals surface area contributed by atoms with Crippen LogP contribution >= 0.6 is 0 Å². The zero-order chi connectivity index (χ0) is 62.6.